The van der Waals surface area contributed by atoms with Crippen LogP contribution in [-0.4, -0.2) is 29.2 Å². The summed E-state index contributed by atoms with van der Waals surface area (Å²) in [5.74, 6) is -0.143. The third-order valence-electron chi connectivity index (χ3n) is 27.2. The number of hydrogen-bond donors (Lipinski definition) is 2. The van der Waals surface area contributed by atoms with Gasteiger partial charge in [-0.2, -0.15) is 0 Å². The molecule has 0 bridgehead atoms. The summed E-state index contributed by atoms with van der Waals surface area (Å²) in [4.78, 5) is 18.3. The summed E-state index contributed by atoms with van der Waals surface area (Å²) < 4.78 is 15.0. The Morgan fingerprint density at radius 3 is 0.925 bits per heavy atom. The highest BCUT2D eigenvalue weighted by Gasteiger charge is 2.23. The van der Waals surface area contributed by atoms with E-state index in [4.69, 9.17) is 10.7 Å². The van der Waals surface area contributed by atoms with E-state index in [1.165, 1.54) is 140 Å². The quantitative estimate of drug-likeness (QED) is 0.0685. The standard InChI is InChI=1S/C37H25BrN2O.C37H23BrN2.C30H22N2.C24H16BrN.C6H4BrI/c38-27-22-20-25(21-23-27)37(41)39-34-17-6-3-14-31(34)30-13-2-1-12-29(30)26-10-9-11-28(24-26)40-35-18-7-4-15-32(35)33-16-5-8-19-36(33)40;38-26-21-19-24(20-22-26)37-32-15-8-14-28(36(32)31-13-1-4-16-33(31)39-37)25-9-7-10-27(23-25)40-34-17-5-2-11-29(34)30-12-3-6-18-35(30)40;31-28-17-6-3-14-25(28)24-13-2-1-12-23(24)21-10-9-11-22(20-21)32-29-18-7-4-15-26(29)27-16-5-8-19-30(27)32;25-22-13-4-1-10-19(22)17-8-7-9-18(16-17)26-23-14-5-2-11-20(23)21-12-3-6-15-24(21)26;7-5-3-1-2-4-6(5)8/h1-24H,(H,39,41);1-23H;1-20H,31H2;1-16H;1-4H. The lowest BCUT2D eigenvalue weighted by Gasteiger charge is -2.16. The number of nitrogens with two attached hydrogens (primary N) is 1. The predicted octanol–water partition coefficient (Wildman–Crippen LogP) is 38.7. The zero-order valence-electron chi connectivity index (χ0n) is 79.3. The van der Waals surface area contributed by atoms with E-state index in [9.17, 15) is 4.79 Å². The van der Waals surface area contributed by atoms with Crippen LogP contribution < -0.4 is 11.1 Å². The molecule has 147 heavy (non-hydrogen) atoms. The lowest BCUT2D eigenvalue weighted by atomic mass is 9.93. The van der Waals surface area contributed by atoms with Gasteiger partial charge in [-0.15, -0.1) is 0 Å². The molecule has 1 amide bonds. The van der Waals surface area contributed by atoms with Gasteiger partial charge in [0.2, 0.25) is 0 Å². The van der Waals surface area contributed by atoms with Gasteiger partial charge in [0.25, 0.3) is 5.91 Å². The van der Waals surface area contributed by atoms with Crippen LogP contribution in [0.25, 0.3) is 210 Å². The van der Waals surface area contributed by atoms with Crippen LogP contribution in [0, 0.1) is 3.57 Å². The van der Waals surface area contributed by atoms with E-state index in [1.54, 1.807) is 0 Å². The number of nitrogens with one attached hydrogen (secondary N) is 1. The topological polar surface area (TPSA) is 87.7 Å². The molecule has 27 rings (SSSR count). The van der Waals surface area contributed by atoms with Crippen LogP contribution in [0.4, 0.5) is 11.4 Å². The molecule has 0 atom stereocenters. The molecule has 0 saturated heterocycles. The minimum Gasteiger partial charge on any atom is -0.398 e. The normalized spacial score (nSPS) is 11.2. The summed E-state index contributed by atoms with van der Waals surface area (Å²) in [6, 6.07) is 184. The molecular weight excluding hydrogens is 2170 g/mol. The Labute approximate surface area is 898 Å². The van der Waals surface area contributed by atoms with Crippen molar-refractivity contribution in [2.75, 3.05) is 11.1 Å². The number of pyridine rings is 1. The van der Waals surface area contributed by atoms with Gasteiger partial charge in [-0.1, -0.05) is 406 Å². The SMILES string of the molecule is Brc1ccc(-c2nc3ccccc3c3c(-c4cccc(-n5c6ccccc6c6ccccc65)c4)cccc23)cc1.Brc1ccccc1-c1cccc(-n2c3ccccc3c3ccccc32)c1.Brc1ccccc1I.Nc1ccccc1-c1ccccc1-c1cccc(-n2c3ccccc3c3ccccc32)c1.O=C(Nc1ccccc1-c1ccccc1-c1cccc(-n2c3ccccc3c3ccccc32)c1)c1ccc(Br)cc1. The van der Waals surface area contributed by atoms with Crippen LogP contribution in [0.5, 0.6) is 0 Å². The number of para-hydroxylation sites is 11. The van der Waals surface area contributed by atoms with Gasteiger partial charge in [-0.05, 0) is 264 Å². The fraction of sp³-hybridized carbons (Fsp3) is 0. The summed E-state index contributed by atoms with van der Waals surface area (Å²) in [5, 5.41) is 16.8. The van der Waals surface area contributed by atoms with Crippen LogP contribution in [0.3, 0.4) is 0 Å². The van der Waals surface area contributed by atoms with Gasteiger partial charge < -0.3 is 29.3 Å². The zero-order chi connectivity index (χ0) is 99.4. The van der Waals surface area contributed by atoms with E-state index in [0.717, 1.165) is 103 Å². The largest absolute Gasteiger partial charge is 0.398 e. The number of benzene rings is 22. The van der Waals surface area contributed by atoms with E-state index in [-0.39, 0.29) is 5.91 Å². The van der Waals surface area contributed by atoms with E-state index in [0.29, 0.717) is 5.56 Å². The van der Waals surface area contributed by atoms with Crippen LogP contribution in [0.2, 0.25) is 0 Å². The molecule has 0 aliphatic rings. The van der Waals surface area contributed by atoms with Crippen molar-refractivity contribution in [1.82, 2.24) is 23.3 Å². The second kappa shape index (κ2) is 42.1. The number of rotatable bonds is 13. The minimum absolute atomic E-state index is 0.143. The number of amides is 1. The maximum atomic E-state index is 13.1. The predicted molar refractivity (Wildman–Crippen MR) is 643 cm³/mol. The molecule has 0 radical (unpaired) electrons. The maximum Gasteiger partial charge on any atom is 0.255 e. The van der Waals surface area contributed by atoms with Gasteiger partial charge in [0.05, 0.1) is 55.3 Å². The summed E-state index contributed by atoms with van der Waals surface area (Å²) in [6.45, 7) is 0. The van der Waals surface area contributed by atoms with Crippen molar-refractivity contribution in [3.05, 3.63) is 555 Å². The van der Waals surface area contributed by atoms with Gasteiger partial charge in [0, 0.05) is 137 Å². The number of carbonyl (C=O) groups is 1. The first kappa shape index (κ1) is 94.2. The number of fused-ring (bicyclic) bond motifs is 15. The van der Waals surface area contributed by atoms with Crippen LogP contribution in [-0.2, 0) is 0 Å². The molecule has 5 aromatic heterocycles. The molecule has 13 heteroatoms. The van der Waals surface area contributed by atoms with Gasteiger partial charge in [0.15, 0.2) is 0 Å². The first-order valence-electron chi connectivity index (χ1n) is 48.7. The molecule has 0 spiro atoms. The van der Waals surface area contributed by atoms with E-state index < -0.39 is 0 Å². The number of nitrogens with zero attached hydrogens (tertiary/aromatic N) is 5. The molecule has 0 fully saturated rings. The lowest BCUT2D eigenvalue weighted by molar-refractivity contribution is 0.102. The number of halogens is 5. The van der Waals surface area contributed by atoms with Crippen molar-refractivity contribution >= 4 is 212 Å². The first-order valence-corrected chi connectivity index (χ1v) is 52.9. The molecule has 702 valence electrons. The molecule has 0 saturated carbocycles. The molecule has 8 nitrogen and oxygen atoms in total. The fourth-order valence-corrected chi connectivity index (χ4v) is 22.3. The molecule has 27 aromatic rings. The van der Waals surface area contributed by atoms with Crippen LogP contribution >= 0.6 is 86.3 Å². The van der Waals surface area contributed by atoms with Crippen molar-refractivity contribution in [3.63, 3.8) is 0 Å². The van der Waals surface area contributed by atoms with Gasteiger partial charge in [0.1, 0.15) is 0 Å². The number of anilines is 2. The molecule has 3 N–H and O–H groups in total. The second-order valence-electron chi connectivity index (χ2n) is 36.0. The van der Waals surface area contributed by atoms with E-state index in [1.807, 2.05) is 91.0 Å². The zero-order valence-corrected chi connectivity index (χ0v) is 87.8. The van der Waals surface area contributed by atoms with Crippen LogP contribution in [0.15, 0.2) is 546 Å². The lowest BCUT2D eigenvalue weighted by Crippen LogP contribution is -2.12. The van der Waals surface area contributed by atoms with Crippen molar-refractivity contribution in [2.45, 2.75) is 0 Å². The highest BCUT2D eigenvalue weighted by Crippen LogP contribution is 2.46. The van der Waals surface area contributed by atoms with E-state index in [2.05, 4.69) is 547 Å². The smallest absolute Gasteiger partial charge is 0.255 e. The molecule has 22 aromatic carbocycles. The number of hydrogen-bond acceptors (Lipinski definition) is 3. The number of nitrogen functional groups attached to an aromatic ring is 1. The Morgan fingerprint density at radius 2 is 0.531 bits per heavy atom. The third-order valence-corrected chi connectivity index (χ3v) is 31.3. The highest BCUT2D eigenvalue weighted by molar-refractivity contribution is 14.1. The molecule has 0 aliphatic heterocycles. The summed E-state index contributed by atoms with van der Waals surface area (Å²) in [7, 11) is 0. The summed E-state index contributed by atoms with van der Waals surface area (Å²) in [5.41, 5.74) is 39.4. The number of aromatic nitrogens is 5. The van der Waals surface area contributed by atoms with Gasteiger partial charge in [-0.25, -0.2) is 4.98 Å². The van der Waals surface area contributed by atoms with Crippen molar-refractivity contribution in [2.24, 2.45) is 0 Å². The first-order chi connectivity index (χ1) is 72.4. The van der Waals surface area contributed by atoms with Crippen molar-refractivity contribution in [1.29, 1.82) is 0 Å². The molecule has 0 aliphatic carbocycles. The average molecular weight is 2260 g/mol. The van der Waals surface area contributed by atoms with Crippen molar-refractivity contribution in [3.8, 4) is 101 Å². The summed E-state index contributed by atoms with van der Waals surface area (Å²) in [6.07, 6.45) is 0. The molecule has 0 unspecified atom stereocenters. The Balaban J connectivity index is 0.000000106. The minimum atomic E-state index is -0.143. The van der Waals surface area contributed by atoms with Gasteiger partial charge in [-0.3, -0.25) is 4.79 Å². The number of carbonyl (C=O) groups excluding carboxylic acids is 1. The Hall–Kier alpha value is -16.4. The van der Waals surface area contributed by atoms with Crippen LogP contribution in [0.1, 0.15) is 10.4 Å². The van der Waals surface area contributed by atoms with E-state index >= 15 is 0 Å². The molecule has 5 heterocycles. The average Bonchev–Trinajstić information content (AvgIpc) is 1.73. The maximum absolute atomic E-state index is 13.1. The Bertz CT molecular complexity index is 9450. The van der Waals surface area contributed by atoms with Gasteiger partial charge >= 0.3 is 0 Å². The highest BCUT2D eigenvalue weighted by atomic mass is 127. The monoisotopic (exact) mass is 2260 g/mol. The Morgan fingerprint density at radius 1 is 0.238 bits per heavy atom. The van der Waals surface area contributed by atoms with Crippen molar-refractivity contribution < 1.29 is 4.79 Å². The third kappa shape index (κ3) is 18.9. The fourth-order valence-electron chi connectivity index (χ4n) is 20.6. The Kier molecular flexibility index (Phi) is 27.0. The second-order valence-corrected chi connectivity index (χ2v) is 40.7. The molecular formula is C134H90Br4IN7O. The summed E-state index contributed by atoms with van der Waals surface area (Å²) >= 11 is 16.4.